The first-order valence-corrected chi connectivity index (χ1v) is 11.2. The summed E-state index contributed by atoms with van der Waals surface area (Å²) in [6, 6.07) is 4.39. The molecule has 2 aliphatic rings. The van der Waals surface area contributed by atoms with Gasteiger partial charge in [-0.3, -0.25) is 4.79 Å². The quantitative estimate of drug-likeness (QED) is 0.683. The van der Waals surface area contributed by atoms with Crippen LogP contribution in [0.5, 0.6) is 0 Å². The summed E-state index contributed by atoms with van der Waals surface area (Å²) in [6.07, 6.45) is 6.24. The van der Waals surface area contributed by atoms with Gasteiger partial charge in [0.2, 0.25) is 10.0 Å². The van der Waals surface area contributed by atoms with E-state index in [1.807, 2.05) is 0 Å². The molecule has 26 heavy (non-hydrogen) atoms. The Labute approximate surface area is 164 Å². The van der Waals surface area contributed by atoms with Crippen molar-refractivity contribution in [1.29, 1.82) is 0 Å². The maximum Gasteiger partial charge on any atom is 0.309 e. The summed E-state index contributed by atoms with van der Waals surface area (Å²) in [5, 5.41) is 0.465. The fourth-order valence-electron chi connectivity index (χ4n) is 3.59. The number of carbonyl (C=O) groups excluding carboxylic acids is 1. The van der Waals surface area contributed by atoms with Crippen molar-refractivity contribution < 1.29 is 17.9 Å². The first-order valence-electron chi connectivity index (χ1n) is 9.03. The third kappa shape index (κ3) is 4.53. The highest BCUT2D eigenvalue weighted by Gasteiger charge is 2.34. The molecule has 0 spiro atoms. The molecule has 3 rings (SSSR count). The highest BCUT2D eigenvalue weighted by Crippen LogP contribution is 2.31. The maximum absolute atomic E-state index is 12.8. The highest BCUT2D eigenvalue weighted by molar-refractivity contribution is 7.89. The number of carbonyl (C=O) groups is 1. The molecule has 1 saturated carbocycles. The van der Waals surface area contributed by atoms with E-state index in [1.165, 1.54) is 22.9 Å². The molecular formula is C18H23Cl2NO4S. The predicted molar refractivity (Wildman–Crippen MR) is 101 cm³/mol. The van der Waals surface area contributed by atoms with Crippen molar-refractivity contribution in [2.75, 3.05) is 13.1 Å². The number of hydrogen-bond acceptors (Lipinski definition) is 4. The summed E-state index contributed by atoms with van der Waals surface area (Å²) in [5.41, 5.74) is 0. The van der Waals surface area contributed by atoms with E-state index in [1.54, 1.807) is 6.07 Å². The number of benzene rings is 1. The van der Waals surface area contributed by atoms with Crippen LogP contribution in [-0.4, -0.2) is 37.9 Å². The number of hydrogen-bond donors (Lipinski definition) is 0. The number of halogens is 2. The molecule has 1 aromatic rings. The van der Waals surface area contributed by atoms with E-state index in [0.717, 1.165) is 25.7 Å². The molecule has 8 heteroatoms. The van der Waals surface area contributed by atoms with Gasteiger partial charge in [-0.2, -0.15) is 4.31 Å². The van der Waals surface area contributed by atoms with Gasteiger partial charge in [0.05, 0.1) is 10.9 Å². The number of sulfonamides is 1. The third-order valence-electron chi connectivity index (χ3n) is 5.13. The smallest absolute Gasteiger partial charge is 0.309 e. The molecule has 0 amide bonds. The second-order valence-corrected chi connectivity index (χ2v) is 9.70. The van der Waals surface area contributed by atoms with E-state index in [-0.39, 0.29) is 41.0 Å². The van der Waals surface area contributed by atoms with Gasteiger partial charge in [-0.05, 0) is 56.7 Å². The SMILES string of the molecule is O=C(OC1CCCCC1)C1CCN(S(=O)(=O)c2cc(Cl)ccc2Cl)CC1. The molecule has 0 bridgehead atoms. The molecule has 1 saturated heterocycles. The number of rotatable bonds is 4. The zero-order valence-electron chi connectivity index (χ0n) is 14.5. The molecule has 1 aliphatic carbocycles. The number of esters is 1. The van der Waals surface area contributed by atoms with Crippen molar-refractivity contribution in [3.63, 3.8) is 0 Å². The third-order valence-corrected chi connectivity index (χ3v) is 7.75. The Bertz CT molecular complexity index is 754. The van der Waals surface area contributed by atoms with E-state index >= 15 is 0 Å². The zero-order valence-corrected chi connectivity index (χ0v) is 16.8. The van der Waals surface area contributed by atoms with Gasteiger partial charge in [0.15, 0.2) is 0 Å². The lowest BCUT2D eigenvalue weighted by atomic mass is 9.96. The topological polar surface area (TPSA) is 63.7 Å². The molecule has 144 valence electrons. The van der Waals surface area contributed by atoms with Crippen LogP contribution in [0.2, 0.25) is 10.0 Å². The lowest BCUT2D eigenvalue weighted by Crippen LogP contribution is -2.41. The summed E-state index contributed by atoms with van der Waals surface area (Å²) < 4.78 is 32.6. The van der Waals surface area contributed by atoms with E-state index in [9.17, 15) is 13.2 Å². The maximum atomic E-state index is 12.8. The summed E-state index contributed by atoms with van der Waals surface area (Å²) in [7, 11) is -3.73. The average Bonchev–Trinajstić information content (AvgIpc) is 2.64. The number of ether oxygens (including phenoxy) is 1. The van der Waals surface area contributed by atoms with Gasteiger partial charge in [-0.1, -0.05) is 29.6 Å². The van der Waals surface area contributed by atoms with Crippen molar-refractivity contribution >= 4 is 39.2 Å². The van der Waals surface area contributed by atoms with Crippen LogP contribution in [-0.2, 0) is 19.6 Å². The van der Waals surface area contributed by atoms with E-state index in [0.29, 0.717) is 17.9 Å². The summed E-state index contributed by atoms with van der Waals surface area (Å²) >= 11 is 12.0. The van der Waals surface area contributed by atoms with Gasteiger partial charge in [0.25, 0.3) is 0 Å². The minimum atomic E-state index is -3.73. The molecule has 1 heterocycles. The standard InChI is InChI=1S/C18H23Cl2NO4S/c19-14-6-7-16(20)17(12-14)26(23,24)21-10-8-13(9-11-21)18(22)25-15-4-2-1-3-5-15/h6-7,12-13,15H,1-5,8-11H2. The molecule has 0 N–H and O–H groups in total. The molecule has 1 aromatic carbocycles. The molecule has 0 atom stereocenters. The molecule has 5 nitrogen and oxygen atoms in total. The summed E-state index contributed by atoms with van der Waals surface area (Å²) in [5.74, 6) is -0.423. The first-order chi connectivity index (χ1) is 12.4. The predicted octanol–water partition coefficient (Wildman–Crippen LogP) is 4.27. The van der Waals surface area contributed by atoms with Crippen LogP contribution in [0.15, 0.2) is 23.1 Å². The largest absolute Gasteiger partial charge is 0.462 e. The first kappa shape index (κ1) is 19.9. The Hall–Kier alpha value is -0.820. The molecule has 0 radical (unpaired) electrons. The Morgan fingerprint density at radius 1 is 1.04 bits per heavy atom. The Morgan fingerprint density at radius 2 is 1.69 bits per heavy atom. The van der Waals surface area contributed by atoms with Crippen LogP contribution in [0.25, 0.3) is 0 Å². The van der Waals surface area contributed by atoms with Crippen LogP contribution < -0.4 is 0 Å². The van der Waals surface area contributed by atoms with Crippen molar-refractivity contribution in [3.05, 3.63) is 28.2 Å². The normalized spacial score (nSPS) is 20.8. The lowest BCUT2D eigenvalue weighted by molar-refractivity contribution is -0.156. The molecule has 0 unspecified atom stereocenters. The lowest BCUT2D eigenvalue weighted by Gasteiger charge is -2.31. The minimum Gasteiger partial charge on any atom is -0.462 e. The van der Waals surface area contributed by atoms with Crippen molar-refractivity contribution in [2.24, 2.45) is 5.92 Å². The van der Waals surface area contributed by atoms with Crippen LogP contribution in [0.3, 0.4) is 0 Å². The van der Waals surface area contributed by atoms with Crippen LogP contribution >= 0.6 is 23.2 Å². The molecular weight excluding hydrogens is 397 g/mol. The molecule has 2 fully saturated rings. The van der Waals surface area contributed by atoms with Gasteiger partial charge in [-0.25, -0.2) is 8.42 Å². The second kappa shape index (κ2) is 8.46. The van der Waals surface area contributed by atoms with Gasteiger partial charge in [0.1, 0.15) is 11.0 Å². The Kier molecular flexibility index (Phi) is 6.49. The van der Waals surface area contributed by atoms with Gasteiger partial charge < -0.3 is 4.74 Å². The summed E-state index contributed by atoms with van der Waals surface area (Å²) in [6.45, 7) is 0.547. The van der Waals surface area contributed by atoms with Crippen LogP contribution in [0, 0.1) is 5.92 Å². The van der Waals surface area contributed by atoms with Crippen molar-refractivity contribution in [2.45, 2.75) is 55.9 Å². The van der Waals surface area contributed by atoms with Crippen molar-refractivity contribution in [1.82, 2.24) is 4.31 Å². The highest BCUT2D eigenvalue weighted by atomic mass is 35.5. The number of piperidine rings is 1. The van der Waals surface area contributed by atoms with E-state index < -0.39 is 10.0 Å². The second-order valence-electron chi connectivity index (χ2n) is 6.95. The fraction of sp³-hybridized carbons (Fsp3) is 0.611. The van der Waals surface area contributed by atoms with Gasteiger partial charge in [-0.15, -0.1) is 0 Å². The molecule has 1 aliphatic heterocycles. The van der Waals surface area contributed by atoms with E-state index in [4.69, 9.17) is 27.9 Å². The van der Waals surface area contributed by atoms with Crippen LogP contribution in [0.1, 0.15) is 44.9 Å². The van der Waals surface area contributed by atoms with Gasteiger partial charge in [0, 0.05) is 18.1 Å². The zero-order chi connectivity index (χ0) is 18.7. The van der Waals surface area contributed by atoms with Crippen molar-refractivity contribution in [3.8, 4) is 0 Å². The monoisotopic (exact) mass is 419 g/mol. The summed E-state index contributed by atoms with van der Waals surface area (Å²) in [4.78, 5) is 12.4. The Morgan fingerprint density at radius 3 is 2.35 bits per heavy atom. The van der Waals surface area contributed by atoms with E-state index in [2.05, 4.69) is 0 Å². The molecule has 0 aromatic heterocycles. The van der Waals surface area contributed by atoms with Crippen LogP contribution in [0.4, 0.5) is 0 Å². The minimum absolute atomic E-state index is 0.00917. The average molecular weight is 420 g/mol. The van der Waals surface area contributed by atoms with Gasteiger partial charge >= 0.3 is 5.97 Å². The fourth-order valence-corrected chi connectivity index (χ4v) is 5.80. The Balaban J connectivity index is 1.60. The number of nitrogens with zero attached hydrogens (tertiary/aromatic N) is 1.